The number of carbonyl (C=O) groups is 1. The fourth-order valence-corrected chi connectivity index (χ4v) is 2.27. The Bertz CT molecular complexity index is 695. The number of benzene rings is 1. The lowest BCUT2D eigenvalue weighted by Gasteiger charge is -2.07. The number of amides is 1. The number of nitrogens with one attached hydrogen (secondary N) is 1. The van der Waals surface area contributed by atoms with Gasteiger partial charge >= 0.3 is 0 Å². The van der Waals surface area contributed by atoms with E-state index in [9.17, 15) is 9.59 Å². The van der Waals surface area contributed by atoms with E-state index in [4.69, 9.17) is 0 Å². The van der Waals surface area contributed by atoms with E-state index in [1.54, 1.807) is 0 Å². The van der Waals surface area contributed by atoms with Crippen molar-refractivity contribution < 1.29 is 4.79 Å². The number of hydrogen-bond acceptors (Lipinski definition) is 3. The van der Waals surface area contributed by atoms with Crippen molar-refractivity contribution in [3.63, 3.8) is 0 Å². The fourth-order valence-electron chi connectivity index (χ4n) is 1.91. The number of halogens is 1. The summed E-state index contributed by atoms with van der Waals surface area (Å²) in [6.45, 7) is 3.02. The number of aromatic nitrogens is 2. The molecule has 0 fully saturated rings. The summed E-state index contributed by atoms with van der Waals surface area (Å²) in [6, 6.07) is 10.8. The number of aryl methyl sites for hydroxylation is 1. The average molecular weight is 411 g/mol. The first-order valence-corrected chi connectivity index (χ1v) is 8.29. The van der Waals surface area contributed by atoms with Crippen LogP contribution in [0.2, 0.25) is 0 Å². The Kier molecular flexibility index (Phi) is 6.11. The molecule has 0 aliphatic carbocycles. The van der Waals surface area contributed by atoms with Crippen LogP contribution in [0.15, 0.2) is 41.2 Å². The van der Waals surface area contributed by atoms with Gasteiger partial charge < -0.3 is 5.32 Å². The summed E-state index contributed by atoms with van der Waals surface area (Å²) in [4.78, 5) is 23.8. The molecule has 0 aliphatic heterocycles. The number of nitrogens with zero attached hydrogens (tertiary/aromatic N) is 2. The van der Waals surface area contributed by atoms with Crippen LogP contribution in [0.1, 0.15) is 35.8 Å². The number of hydrogen-bond donors (Lipinski definition) is 1. The minimum absolute atomic E-state index is 0.178. The highest BCUT2D eigenvalue weighted by molar-refractivity contribution is 14.1. The Morgan fingerprint density at radius 3 is 2.64 bits per heavy atom. The zero-order valence-electron chi connectivity index (χ0n) is 12.4. The van der Waals surface area contributed by atoms with Crippen molar-refractivity contribution in [2.75, 3.05) is 0 Å². The molecule has 0 bridgehead atoms. The third-order valence-electron chi connectivity index (χ3n) is 3.19. The van der Waals surface area contributed by atoms with E-state index < -0.39 is 0 Å². The molecular weight excluding hydrogens is 393 g/mol. The lowest BCUT2D eigenvalue weighted by atomic mass is 10.2. The SMILES string of the molecule is CCCCn1nc(C(=O)NCc2ccc(I)cc2)ccc1=O. The molecule has 5 nitrogen and oxygen atoms in total. The highest BCUT2D eigenvalue weighted by Gasteiger charge is 2.09. The second-order valence-corrected chi connectivity index (χ2v) is 6.19. The molecule has 2 aromatic rings. The molecular formula is C16H18IN3O2. The predicted molar refractivity (Wildman–Crippen MR) is 93.7 cm³/mol. The van der Waals surface area contributed by atoms with Crippen molar-refractivity contribution in [1.29, 1.82) is 0 Å². The quantitative estimate of drug-likeness (QED) is 0.744. The Morgan fingerprint density at radius 1 is 1.23 bits per heavy atom. The zero-order valence-corrected chi connectivity index (χ0v) is 14.5. The van der Waals surface area contributed by atoms with Crippen LogP contribution in [0.5, 0.6) is 0 Å². The van der Waals surface area contributed by atoms with Gasteiger partial charge in [0.2, 0.25) is 0 Å². The van der Waals surface area contributed by atoms with Crippen LogP contribution >= 0.6 is 22.6 Å². The molecule has 1 heterocycles. The lowest BCUT2D eigenvalue weighted by molar-refractivity contribution is 0.0943. The van der Waals surface area contributed by atoms with Crippen LogP contribution in [0.3, 0.4) is 0 Å². The first-order valence-electron chi connectivity index (χ1n) is 7.21. The largest absolute Gasteiger partial charge is 0.347 e. The Morgan fingerprint density at radius 2 is 1.95 bits per heavy atom. The summed E-state index contributed by atoms with van der Waals surface area (Å²) in [7, 11) is 0. The van der Waals surface area contributed by atoms with E-state index in [0.29, 0.717) is 13.1 Å². The van der Waals surface area contributed by atoms with Gasteiger partial charge in [-0.1, -0.05) is 25.5 Å². The van der Waals surface area contributed by atoms with E-state index >= 15 is 0 Å². The zero-order chi connectivity index (χ0) is 15.9. The third kappa shape index (κ3) is 4.66. The van der Waals surface area contributed by atoms with Crippen molar-refractivity contribution in [3.05, 3.63) is 61.6 Å². The van der Waals surface area contributed by atoms with Crippen LogP contribution in [0, 0.1) is 3.57 Å². The average Bonchev–Trinajstić information content (AvgIpc) is 2.53. The molecule has 0 spiro atoms. The van der Waals surface area contributed by atoms with Crippen molar-refractivity contribution in [2.45, 2.75) is 32.9 Å². The second kappa shape index (κ2) is 8.07. The van der Waals surface area contributed by atoms with E-state index in [1.807, 2.05) is 31.2 Å². The molecule has 0 atom stereocenters. The van der Waals surface area contributed by atoms with E-state index in [0.717, 1.165) is 22.0 Å². The van der Waals surface area contributed by atoms with Gasteiger partial charge in [0.25, 0.3) is 11.5 Å². The minimum atomic E-state index is -0.274. The monoisotopic (exact) mass is 411 g/mol. The van der Waals surface area contributed by atoms with Gasteiger partial charge in [-0.15, -0.1) is 0 Å². The molecule has 1 amide bonds. The van der Waals surface area contributed by atoms with Gasteiger partial charge in [0.1, 0.15) is 5.69 Å². The number of rotatable bonds is 6. The van der Waals surface area contributed by atoms with Gasteiger partial charge in [-0.05, 0) is 52.8 Å². The fraction of sp³-hybridized carbons (Fsp3) is 0.312. The van der Waals surface area contributed by atoms with Crippen LogP contribution < -0.4 is 10.9 Å². The molecule has 6 heteroatoms. The molecule has 1 aromatic carbocycles. The van der Waals surface area contributed by atoms with Crippen molar-refractivity contribution >= 4 is 28.5 Å². The van der Waals surface area contributed by atoms with Crippen molar-refractivity contribution in [1.82, 2.24) is 15.1 Å². The van der Waals surface area contributed by atoms with Crippen LogP contribution in [-0.2, 0) is 13.1 Å². The Labute approximate surface area is 142 Å². The smallest absolute Gasteiger partial charge is 0.271 e. The van der Waals surface area contributed by atoms with Gasteiger partial charge in [-0.3, -0.25) is 9.59 Å². The molecule has 116 valence electrons. The van der Waals surface area contributed by atoms with Gasteiger partial charge in [-0.2, -0.15) is 5.10 Å². The first-order chi connectivity index (χ1) is 10.6. The lowest BCUT2D eigenvalue weighted by Crippen LogP contribution is -2.29. The second-order valence-electron chi connectivity index (χ2n) is 4.94. The van der Waals surface area contributed by atoms with E-state index in [-0.39, 0.29) is 17.2 Å². The van der Waals surface area contributed by atoms with E-state index in [1.165, 1.54) is 16.8 Å². The van der Waals surface area contributed by atoms with Crippen molar-refractivity contribution in [3.8, 4) is 0 Å². The van der Waals surface area contributed by atoms with Gasteiger partial charge in [0, 0.05) is 22.7 Å². The maximum Gasteiger partial charge on any atom is 0.271 e. The number of unbranched alkanes of at least 4 members (excludes halogenated alkanes) is 1. The minimum Gasteiger partial charge on any atom is -0.347 e. The normalized spacial score (nSPS) is 10.5. The van der Waals surface area contributed by atoms with Gasteiger partial charge in [0.15, 0.2) is 0 Å². The van der Waals surface area contributed by atoms with Gasteiger partial charge in [0.05, 0.1) is 0 Å². The molecule has 0 saturated carbocycles. The Hall–Kier alpha value is -1.70. The van der Waals surface area contributed by atoms with E-state index in [2.05, 4.69) is 33.0 Å². The summed E-state index contributed by atoms with van der Waals surface area (Å²) in [5.41, 5.74) is 1.11. The van der Waals surface area contributed by atoms with Crippen LogP contribution in [0.25, 0.3) is 0 Å². The highest BCUT2D eigenvalue weighted by Crippen LogP contribution is 2.06. The maximum atomic E-state index is 12.1. The summed E-state index contributed by atoms with van der Waals surface area (Å²) in [5.74, 6) is -0.274. The Balaban J connectivity index is 2.02. The molecule has 0 aliphatic rings. The van der Waals surface area contributed by atoms with Crippen LogP contribution in [-0.4, -0.2) is 15.7 Å². The molecule has 2 rings (SSSR count). The molecule has 22 heavy (non-hydrogen) atoms. The molecule has 1 aromatic heterocycles. The number of carbonyl (C=O) groups excluding carboxylic acids is 1. The standard InChI is InChI=1S/C16H18IN3O2/c1-2-3-10-20-15(21)9-8-14(19-20)16(22)18-11-12-4-6-13(17)7-5-12/h4-9H,2-3,10-11H2,1H3,(H,18,22). The molecule has 1 N–H and O–H groups in total. The third-order valence-corrected chi connectivity index (χ3v) is 3.91. The van der Waals surface area contributed by atoms with Crippen LogP contribution in [0.4, 0.5) is 0 Å². The topological polar surface area (TPSA) is 64.0 Å². The summed E-state index contributed by atoms with van der Waals surface area (Å²) in [5, 5.41) is 6.95. The van der Waals surface area contributed by atoms with Gasteiger partial charge in [-0.25, -0.2) is 4.68 Å². The highest BCUT2D eigenvalue weighted by atomic mass is 127. The predicted octanol–water partition coefficient (Wildman–Crippen LogP) is 2.58. The first kappa shape index (κ1) is 16.7. The molecule has 0 unspecified atom stereocenters. The summed E-state index contributed by atoms with van der Waals surface area (Å²) >= 11 is 2.24. The summed E-state index contributed by atoms with van der Waals surface area (Å²) in [6.07, 6.45) is 1.83. The van der Waals surface area contributed by atoms with Crippen molar-refractivity contribution in [2.24, 2.45) is 0 Å². The molecule has 0 saturated heterocycles. The molecule has 0 radical (unpaired) electrons. The summed E-state index contributed by atoms with van der Waals surface area (Å²) < 4.78 is 2.50. The maximum absolute atomic E-state index is 12.1.